The van der Waals surface area contributed by atoms with E-state index >= 15 is 0 Å². The van der Waals surface area contributed by atoms with Crippen molar-refractivity contribution in [3.05, 3.63) is 0 Å². The van der Waals surface area contributed by atoms with Crippen LogP contribution in [0.5, 0.6) is 0 Å². The predicted molar refractivity (Wildman–Crippen MR) is 94.1 cm³/mol. The number of fused-ring (bicyclic) bond motifs is 5. The van der Waals surface area contributed by atoms with E-state index in [0.29, 0.717) is 18.8 Å². The van der Waals surface area contributed by atoms with Crippen LogP contribution in [0.25, 0.3) is 0 Å². The van der Waals surface area contributed by atoms with Gasteiger partial charge in [-0.1, -0.05) is 6.92 Å². The van der Waals surface area contributed by atoms with E-state index < -0.39 is 17.4 Å². The van der Waals surface area contributed by atoms with Crippen molar-refractivity contribution in [2.45, 2.75) is 77.4 Å². The van der Waals surface area contributed by atoms with Gasteiger partial charge in [-0.2, -0.15) is 0 Å². The monoisotopic (exact) mass is 362 g/mol. The summed E-state index contributed by atoms with van der Waals surface area (Å²) in [6, 6.07) is 0. The summed E-state index contributed by atoms with van der Waals surface area (Å²) in [5.41, 5.74) is -0.810. The van der Waals surface area contributed by atoms with E-state index in [2.05, 4.69) is 6.92 Å². The average molecular weight is 362 g/mol. The third kappa shape index (κ3) is 2.35. The Morgan fingerprint density at radius 3 is 2.65 bits per heavy atom. The smallest absolute Gasteiger partial charge is 0.302 e. The molecule has 5 heteroatoms. The molecule has 0 aromatic heterocycles. The standard InChI is InChI=1S/C21H30O5/c1-12(23)26-17-4-3-8-21(11-22)15-7-9-20(2)14(5-6-18(20)25)13(15)10-16(24)19(17)21/h11,13-15,17-19,25H,3-10H2,1-2H3/t13-,14-,15-,17?,18-,19-,20-,21-/m0/s1. The van der Waals surface area contributed by atoms with Gasteiger partial charge in [-0.3, -0.25) is 9.59 Å². The molecule has 4 rings (SSSR count). The van der Waals surface area contributed by atoms with E-state index in [9.17, 15) is 19.5 Å². The van der Waals surface area contributed by atoms with Crippen LogP contribution < -0.4 is 0 Å². The van der Waals surface area contributed by atoms with Gasteiger partial charge in [-0.15, -0.1) is 0 Å². The highest BCUT2D eigenvalue weighted by Gasteiger charge is 2.65. The number of carbonyl (C=O) groups is 3. The third-order valence-corrected chi connectivity index (χ3v) is 8.45. The fourth-order valence-electron chi connectivity index (χ4n) is 7.33. The van der Waals surface area contributed by atoms with Gasteiger partial charge in [0.25, 0.3) is 0 Å². The first-order valence-electron chi connectivity index (χ1n) is 10.2. The van der Waals surface area contributed by atoms with Crippen LogP contribution in [0.1, 0.15) is 65.2 Å². The zero-order valence-electron chi connectivity index (χ0n) is 15.8. The molecule has 8 atom stereocenters. The molecule has 4 aliphatic carbocycles. The fourth-order valence-corrected chi connectivity index (χ4v) is 7.33. The van der Waals surface area contributed by atoms with Gasteiger partial charge >= 0.3 is 5.97 Å². The second-order valence-electron chi connectivity index (χ2n) is 9.43. The van der Waals surface area contributed by atoms with Crippen LogP contribution in [-0.2, 0) is 19.1 Å². The van der Waals surface area contributed by atoms with E-state index in [0.717, 1.165) is 44.8 Å². The molecule has 1 N–H and O–H groups in total. The van der Waals surface area contributed by atoms with Crippen LogP contribution in [0.3, 0.4) is 0 Å². The van der Waals surface area contributed by atoms with E-state index in [1.54, 1.807) is 0 Å². The molecule has 4 saturated carbocycles. The number of aliphatic hydroxyl groups is 1. The summed E-state index contributed by atoms with van der Waals surface area (Å²) >= 11 is 0. The molecule has 144 valence electrons. The topological polar surface area (TPSA) is 80.7 Å². The molecule has 0 aromatic carbocycles. The molecule has 4 aliphatic rings. The van der Waals surface area contributed by atoms with Crippen LogP contribution in [0.2, 0.25) is 0 Å². The van der Waals surface area contributed by atoms with Crippen molar-refractivity contribution in [2.24, 2.45) is 34.5 Å². The lowest BCUT2D eigenvalue weighted by atomic mass is 9.44. The van der Waals surface area contributed by atoms with Crippen LogP contribution >= 0.6 is 0 Å². The van der Waals surface area contributed by atoms with Crippen molar-refractivity contribution in [2.75, 3.05) is 0 Å². The van der Waals surface area contributed by atoms with Crippen molar-refractivity contribution in [3.8, 4) is 0 Å². The highest BCUT2D eigenvalue weighted by molar-refractivity contribution is 5.88. The van der Waals surface area contributed by atoms with Gasteiger partial charge in [0, 0.05) is 18.8 Å². The number of ketones is 1. The summed E-state index contributed by atoms with van der Waals surface area (Å²) < 4.78 is 5.50. The van der Waals surface area contributed by atoms with Gasteiger partial charge in [-0.25, -0.2) is 0 Å². The molecule has 0 saturated heterocycles. The normalized spacial score (nSPS) is 50.3. The molecule has 0 aromatic rings. The Morgan fingerprint density at radius 1 is 1.19 bits per heavy atom. The number of rotatable bonds is 2. The van der Waals surface area contributed by atoms with Crippen LogP contribution in [-0.4, -0.2) is 35.4 Å². The fraction of sp³-hybridized carbons (Fsp3) is 0.857. The largest absolute Gasteiger partial charge is 0.462 e. The zero-order chi connectivity index (χ0) is 18.7. The van der Waals surface area contributed by atoms with Crippen LogP contribution in [0, 0.1) is 34.5 Å². The molecule has 5 nitrogen and oxygen atoms in total. The average Bonchev–Trinajstić information content (AvgIpc) is 2.90. The highest BCUT2D eigenvalue weighted by Crippen LogP contribution is 2.65. The van der Waals surface area contributed by atoms with Gasteiger partial charge in [0.15, 0.2) is 0 Å². The summed E-state index contributed by atoms with van der Waals surface area (Å²) in [5, 5.41) is 10.5. The molecule has 0 aliphatic heterocycles. The minimum Gasteiger partial charge on any atom is -0.462 e. The Bertz CT molecular complexity index is 630. The number of aliphatic hydroxyl groups excluding tert-OH is 1. The SMILES string of the molecule is CC(=O)OC1CCC[C@@]2(C=O)[C@H]1C(=O)C[C@H]1[C@@H]3CC[C@H](O)[C@@]3(C)CC[C@@H]12. The molecule has 0 amide bonds. The maximum absolute atomic E-state index is 13.2. The van der Waals surface area contributed by atoms with Crippen LogP contribution in [0.15, 0.2) is 0 Å². The number of ether oxygens (including phenoxy) is 1. The van der Waals surface area contributed by atoms with Crippen molar-refractivity contribution < 1.29 is 24.2 Å². The van der Waals surface area contributed by atoms with E-state index in [4.69, 9.17) is 4.74 Å². The second kappa shape index (κ2) is 6.15. The third-order valence-electron chi connectivity index (χ3n) is 8.45. The first kappa shape index (κ1) is 18.1. The Kier molecular flexibility index (Phi) is 4.29. The Morgan fingerprint density at radius 2 is 1.96 bits per heavy atom. The second-order valence-corrected chi connectivity index (χ2v) is 9.43. The van der Waals surface area contributed by atoms with Crippen molar-refractivity contribution >= 4 is 18.0 Å². The lowest BCUT2D eigenvalue weighted by molar-refractivity contribution is -0.183. The molecular weight excluding hydrogens is 332 g/mol. The van der Waals surface area contributed by atoms with Gasteiger partial charge < -0.3 is 14.6 Å². The molecule has 26 heavy (non-hydrogen) atoms. The lowest BCUT2D eigenvalue weighted by Gasteiger charge is -2.59. The number of esters is 1. The van der Waals surface area contributed by atoms with E-state index in [-0.39, 0.29) is 35.1 Å². The van der Waals surface area contributed by atoms with Crippen molar-refractivity contribution in [1.29, 1.82) is 0 Å². The molecule has 0 spiro atoms. The molecule has 0 bridgehead atoms. The molecule has 0 heterocycles. The van der Waals surface area contributed by atoms with Gasteiger partial charge in [0.2, 0.25) is 0 Å². The first-order chi connectivity index (χ1) is 12.3. The minimum atomic E-state index is -0.687. The molecular formula is C21H30O5. The maximum atomic E-state index is 13.2. The van der Waals surface area contributed by atoms with E-state index in [1.807, 2.05) is 0 Å². The summed E-state index contributed by atoms with van der Waals surface area (Å²) in [6.07, 6.45) is 6.49. The Hall–Kier alpha value is -1.23. The van der Waals surface area contributed by atoms with Crippen LogP contribution in [0.4, 0.5) is 0 Å². The maximum Gasteiger partial charge on any atom is 0.302 e. The van der Waals surface area contributed by atoms with Gasteiger partial charge in [0.05, 0.1) is 12.0 Å². The van der Waals surface area contributed by atoms with E-state index in [1.165, 1.54) is 6.92 Å². The summed E-state index contributed by atoms with van der Waals surface area (Å²) in [7, 11) is 0. The quantitative estimate of drug-likeness (QED) is 0.603. The van der Waals surface area contributed by atoms with Gasteiger partial charge in [-0.05, 0) is 68.1 Å². The minimum absolute atomic E-state index is 0.0925. The zero-order valence-corrected chi connectivity index (χ0v) is 15.8. The molecule has 0 radical (unpaired) electrons. The number of Topliss-reactive ketones (excluding diaryl/α,β-unsaturated/α-hetero) is 1. The summed E-state index contributed by atoms with van der Waals surface area (Å²) in [6.45, 7) is 3.54. The summed E-state index contributed by atoms with van der Waals surface area (Å²) in [4.78, 5) is 37.2. The number of hydrogen-bond acceptors (Lipinski definition) is 5. The van der Waals surface area contributed by atoms with Gasteiger partial charge in [0.1, 0.15) is 18.2 Å². The predicted octanol–water partition coefficient (Wildman–Crippen LogP) is 2.68. The molecule has 4 fully saturated rings. The summed E-state index contributed by atoms with van der Waals surface area (Å²) in [5.74, 6) is -0.0984. The first-order valence-corrected chi connectivity index (χ1v) is 10.2. The lowest BCUT2D eigenvalue weighted by Crippen LogP contribution is -2.61. The number of hydrogen-bond donors (Lipinski definition) is 1. The van der Waals surface area contributed by atoms with Crippen molar-refractivity contribution in [3.63, 3.8) is 0 Å². The molecule has 1 unspecified atom stereocenters. The number of carbonyl (C=O) groups excluding carboxylic acids is 3. The number of aldehydes is 1. The highest BCUT2D eigenvalue weighted by atomic mass is 16.5. The van der Waals surface area contributed by atoms with Crippen molar-refractivity contribution in [1.82, 2.24) is 0 Å². The Balaban J connectivity index is 1.71. The Labute approximate surface area is 154 Å².